The topological polar surface area (TPSA) is 74.2 Å². The van der Waals surface area contributed by atoms with Crippen molar-refractivity contribution in [3.63, 3.8) is 0 Å². The third-order valence-electron chi connectivity index (χ3n) is 5.43. The summed E-state index contributed by atoms with van der Waals surface area (Å²) >= 11 is 0. The minimum absolute atomic E-state index is 0.0731. The summed E-state index contributed by atoms with van der Waals surface area (Å²) in [5, 5.41) is 11.8. The molecule has 1 aromatic carbocycles. The summed E-state index contributed by atoms with van der Waals surface area (Å²) < 4.78 is 0. The number of amides is 1. The molecule has 30 heavy (non-hydrogen) atoms. The van der Waals surface area contributed by atoms with E-state index in [1.165, 1.54) is 0 Å². The Morgan fingerprint density at radius 2 is 1.70 bits per heavy atom. The van der Waals surface area contributed by atoms with Crippen LogP contribution < -0.4 is 10.2 Å². The summed E-state index contributed by atoms with van der Waals surface area (Å²) in [6.07, 6.45) is 4.26. The first-order valence-corrected chi connectivity index (χ1v) is 10.3. The Morgan fingerprint density at radius 1 is 0.967 bits per heavy atom. The first kappa shape index (κ1) is 19.8. The number of carbonyl (C=O) groups excluding carboxylic acids is 1. The number of hydrogen-bond acceptors (Lipinski definition) is 6. The summed E-state index contributed by atoms with van der Waals surface area (Å²) in [7, 11) is 0. The van der Waals surface area contributed by atoms with Crippen LogP contribution in [0.3, 0.4) is 0 Å². The van der Waals surface area contributed by atoms with Gasteiger partial charge < -0.3 is 15.1 Å². The number of rotatable bonds is 6. The van der Waals surface area contributed by atoms with Crippen molar-refractivity contribution in [2.45, 2.75) is 19.3 Å². The van der Waals surface area contributed by atoms with E-state index in [2.05, 4.69) is 32.3 Å². The quantitative estimate of drug-likeness (QED) is 0.681. The van der Waals surface area contributed by atoms with Gasteiger partial charge in [0, 0.05) is 44.3 Å². The van der Waals surface area contributed by atoms with Gasteiger partial charge in [0.25, 0.3) is 0 Å². The molecule has 0 bridgehead atoms. The normalized spacial score (nSPS) is 15.0. The molecule has 3 aromatic rings. The number of carbonyl (C=O) groups is 1. The highest BCUT2D eigenvalue weighted by atomic mass is 16.2. The minimum Gasteiger partial charge on any atom is -0.352 e. The molecular formula is C23H26N6O. The molecular weight excluding hydrogens is 376 g/mol. The van der Waals surface area contributed by atoms with E-state index in [4.69, 9.17) is 0 Å². The molecule has 7 nitrogen and oxygen atoms in total. The van der Waals surface area contributed by atoms with E-state index in [1.807, 2.05) is 59.5 Å². The molecule has 0 saturated carbocycles. The third-order valence-corrected chi connectivity index (χ3v) is 5.43. The van der Waals surface area contributed by atoms with Crippen LogP contribution in [0.25, 0.3) is 0 Å². The maximum atomic E-state index is 13.1. The standard InChI is InChI=1S/C23H26N6O/c1-2-20(18-6-4-3-5-7-18)23(30)29-16-14-28(15-17-29)22-9-8-21(26-27-22)25-19-10-12-24-13-11-19/h3-13,20H,2,14-17H2,1H3,(H,24,25,26). The molecule has 1 aliphatic heterocycles. The van der Waals surface area contributed by atoms with Gasteiger partial charge in [-0.1, -0.05) is 37.3 Å². The molecule has 1 amide bonds. The van der Waals surface area contributed by atoms with Gasteiger partial charge in [0.05, 0.1) is 5.92 Å². The summed E-state index contributed by atoms with van der Waals surface area (Å²) in [5.74, 6) is 1.66. The zero-order valence-electron chi connectivity index (χ0n) is 17.1. The second-order valence-electron chi connectivity index (χ2n) is 7.32. The van der Waals surface area contributed by atoms with Gasteiger partial charge in [0.2, 0.25) is 5.91 Å². The smallest absolute Gasteiger partial charge is 0.230 e. The molecule has 1 fully saturated rings. The number of nitrogens with zero attached hydrogens (tertiary/aromatic N) is 5. The molecule has 2 aromatic heterocycles. The lowest BCUT2D eigenvalue weighted by Crippen LogP contribution is -2.50. The van der Waals surface area contributed by atoms with Gasteiger partial charge in [-0.2, -0.15) is 0 Å². The first-order chi connectivity index (χ1) is 14.7. The first-order valence-electron chi connectivity index (χ1n) is 10.3. The second kappa shape index (κ2) is 9.35. The van der Waals surface area contributed by atoms with Crippen LogP contribution in [0.4, 0.5) is 17.3 Å². The summed E-state index contributed by atoms with van der Waals surface area (Å²) in [4.78, 5) is 21.2. The van der Waals surface area contributed by atoms with Gasteiger partial charge in [-0.15, -0.1) is 10.2 Å². The number of aromatic nitrogens is 3. The fourth-order valence-corrected chi connectivity index (χ4v) is 3.76. The van der Waals surface area contributed by atoms with Crippen molar-refractivity contribution in [3.8, 4) is 0 Å². The SMILES string of the molecule is CCC(C(=O)N1CCN(c2ccc(Nc3ccncc3)nn2)CC1)c1ccccc1. The molecule has 0 aliphatic carbocycles. The predicted octanol–water partition coefficient (Wildman–Crippen LogP) is 3.46. The monoisotopic (exact) mass is 402 g/mol. The molecule has 3 heterocycles. The Balaban J connectivity index is 1.34. The molecule has 1 saturated heterocycles. The van der Waals surface area contributed by atoms with E-state index in [9.17, 15) is 4.79 Å². The Labute approximate surface area is 176 Å². The number of hydrogen-bond donors (Lipinski definition) is 1. The van der Waals surface area contributed by atoms with Crippen molar-refractivity contribution >= 4 is 23.2 Å². The van der Waals surface area contributed by atoms with Gasteiger partial charge in [-0.25, -0.2) is 0 Å². The molecule has 1 N–H and O–H groups in total. The van der Waals surface area contributed by atoms with Gasteiger partial charge in [0.15, 0.2) is 11.6 Å². The van der Waals surface area contributed by atoms with Gasteiger partial charge >= 0.3 is 0 Å². The fourth-order valence-electron chi connectivity index (χ4n) is 3.76. The Kier molecular flexibility index (Phi) is 6.17. The number of nitrogens with one attached hydrogen (secondary N) is 1. The van der Waals surface area contributed by atoms with Crippen molar-refractivity contribution in [2.24, 2.45) is 0 Å². The number of pyridine rings is 1. The van der Waals surface area contributed by atoms with E-state index in [0.29, 0.717) is 18.9 Å². The Morgan fingerprint density at radius 3 is 2.33 bits per heavy atom. The van der Waals surface area contributed by atoms with Crippen LogP contribution in [0.1, 0.15) is 24.8 Å². The van der Waals surface area contributed by atoms with Gasteiger partial charge in [0.1, 0.15) is 0 Å². The van der Waals surface area contributed by atoms with Crippen molar-refractivity contribution in [1.29, 1.82) is 0 Å². The van der Waals surface area contributed by atoms with Crippen LogP contribution in [-0.4, -0.2) is 52.2 Å². The van der Waals surface area contributed by atoms with E-state index in [1.54, 1.807) is 12.4 Å². The molecule has 1 unspecified atom stereocenters. The molecule has 0 radical (unpaired) electrons. The summed E-state index contributed by atoms with van der Waals surface area (Å²) in [6, 6.07) is 17.7. The van der Waals surface area contributed by atoms with Crippen LogP contribution in [0.15, 0.2) is 67.0 Å². The van der Waals surface area contributed by atoms with E-state index in [0.717, 1.165) is 36.6 Å². The molecule has 7 heteroatoms. The van der Waals surface area contributed by atoms with Crippen molar-refractivity contribution in [2.75, 3.05) is 36.4 Å². The largest absolute Gasteiger partial charge is 0.352 e. The van der Waals surface area contributed by atoms with Crippen LogP contribution in [-0.2, 0) is 4.79 Å². The van der Waals surface area contributed by atoms with Gasteiger partial charge in [-0.05, 0) is 36.2 Å². The van der Waals surface area contributed by atoms with Crippen LogP contribution >= 0.6 is 0 Å². The average molecular weight is 403 g/mol. The van der Waals surface area contributed by atoms with Crippen molar-refractivity contribution in [3.05, 3.63) is 72.6 Å². The zero-order chi connectivity index (χ0) is 20.8. The molecule has 1 atom stereocenters. The van der Waals surface area contributed by atoms with Gasteiger partial charge in [-0.3, -0.25) is 9.78 Å². The molecule has 154 valence electrons. The lowest BCUT2D eigenvalue weighted by atomic mass is 9.95. The number of anilines is 3. The Hall–Kier alpha value is -3.48. The fraction of sp³-hybridized carbons (Fsp3) is 0.304. The lowest BCUT2D eigenvalue weighted by molar-refractivity contribution is -0.133. The highest BCUT2D eigenvalue weighted by molar-refractivity contribution is 5.84. The highest BCUT2D eigenvalue weighted by Crippen LogP contribution is 2.24. The van der Waals surface area contributed by atoms with Crippen molar-refractivity contribution in [1.82, 2.24) is 20.1 Å². The number of benzene rings is 1. The number of piperazine rings is 1. The highest BCUT2D eigenvalue weighted by Gasteiger charge is 2.27. The third kappa shape index (κ3) is 4.56. The van der Waals surface area contributed by atoms with Crippen molar-refractivity contribution < 1.29 is 4.79 Å². The molecule has 4 rings (SSSR count). The van der Waals surface area contributed by atoms with E-state index < -0.39 is 0 Å². The summed E-state index contributed by atoms with van der Waals surface area (Å²) in [6.45, 7) is 4.97. The maximum Gasteiger partial charge on any atom is 0.230 e. The minimum atomic E-state index is -0.0731. The maximum absolute atomic E-state index is 13.1. The zero-order valence-corrected chi connectivity index (χ0v) is 17.1. The van der Waals surface area contributed by atoms with E-state index in [-0.39, 0.29) is 11.8 Å². The van der Waals surface area contributed by atoms with Crippen LogP contribution in [0, 0.1) is 0 Å². The van der Waals surface area contributed by atoms with E-state index >= 15 is 0 Å². The van der Waals surface area contributed by atoms with Crippen LogP contribution in [0.2, 0.25) is 0 Å². The second-order valence-corrected chi connectivity index (χ2v) is 7.32. The Bertz CT molecular complexity index is 940. The lowest BCUT2D eigenvalue weighted by Gasteiger charge is -2.36. The molecule has 0 spiro atoms. The van der Waals surface area contributed by atoms with Crippen LogP contribution in [0.5, 0.6) is 0 Å². The average Bonchev–Trinajstić information content (AvgIpc) is 2.81. The predicted molar refractivity (Wildman–Crippen MR) is 118 cm³/mol. The summed E-state index contributed by atoms with van der Waals surface area (Å²) in [5.41, 5.74) is 2.01. The molecule has 1 aliphatic rings.